The summed E-state index contributed by atoms with van der Waals surface area (Å²) in [5.41, 5.74) is 8.22. The third kappa shape index (κ3) is 4.33. The molecular formula is C17H22ClN3O2. The first kappa shape index (κ1) is 17.5. The summed E-state index contributed by atoms with van der Waals surface area (Å²) >= 11 is 6.07. The Morgan fingerprint density at radius 2 is 2.22 bits per heavy atom. The van der Waals surface area contributed by atoms with Crippen molar-refractivity contribution in [3.63, 3.8) is 0 Å². The van der Waals surface area contributed by atoms with Gasteiger partial charge in [0.2, 0.25) is 5.89 Å². The van der Waals surface area contributed by atoms with Crippen molar-refractivity contribution < 1.29 is 9.21 Å². The largest absolute Gasteiger partial charge is 0.446 e. The van der Waals surface area contributed by atoms with E-state index in [2.05, 4.69) is 10.3 Å². The maximum absolute atomic E-state index is 12.1. The van der Waals surface area contributed by atoms with Crippen LogP contribution in [0, 0.1) is 12.8 Å². The fraction of sp³-hybridized carbons (Fsp3) is 0.412. The molecule has 1 amide bonds. The molecule has 0 aliphatic rings. The highest BCUT2D eigenvalue weighted by Crippen LogP contribution is 2.21. The topological polar surface area (TPSA) is 81.1 Å². The normalized spacial score (nSPS) is 13.6. The second-order valence-corrected chi connectivity index (χ2v) is 6.16. The lowest BCUT2D eigenvalue weighted by Crippen LogP contribution is -2.24. The Labute approximate surface area is 141 Å². The molecule has 1 aromatic carbocycles. The van der Waals surface area contributed by atoms with Crippen LogP contribution in [0.4, 0.5) is 0 Å². The second kappa shape index (κ2) is 7.62. The number of aromatic nitrogens is 1. The first-order valence-corrected chi connectivity index (χ1v) is 8.04. The average Bonchev–Trinajstić information content (AvgIpc) is 3.04. The number of carbonyl (C=O) groups is 1. The molecule has 0 aliphatic carbocycles. The number of oxazole rings is 1. The minimum absolute atomic E-state index is 0.233. The molecule has 0 spiro atoms. The number of amides is 1. The molecule has 3 N–H and O–H groups in total. The number of halogens is 1. The number of benzene rings is 1. The number of hydrogen-bond acceptors (Lipinski definition) is 4. The number of nitrogens with one attached hydrogen (secondary N) is 1. The van der Waals surface area contributed by atoms with Gasteiger partial charge < -0.3 is 15.5 Å². The third-order valence-corrected chi connectivity index (χ3v) is 4.39. The van der Waals surface area contributed by atoms with Gasteiger partial charge in [-0.1, -0.05) is 44.0 Å². The zero-order valence-corrected chi connectivity index (χ0v) is 14.4. The smallest absolute Gasteiger partial charge is 0.273 e. The van der Waals surface area contributed by atoms with Crippen LogP contribution >= 0.6 is 11.6 Å². The molecule has 0 bridgehead atoms. The lowest BCUT2D eigenvalue weighted by molar-refractivity contribution is 0.0946. The maximum Gasteiger partial charge on any atom is 0.273 e. The number of aryl methyl sites for hydroxylation is 1. The van der Waals surface area contributed by atoms with E-state index in [-0.39, 0.29) is 23.6 Å². The quantitative estimate of drug-likeness (QED) is 0.844. The molecule has 2 atom stereocenters. The fourth-order valence-corrected chi connectivity index (χ4v) is 2.26. The molecule has 2 rings (SSSR count). The Morgan fingerprint density at radius 3 is 2.87 bits per heavy atom. The van der Waals surface area contributed by atoms with Gasteiger partial charge in [-0.15, -0.1) is 0 Å². The van der Waals surface area contributed by atoms with E-state index in [4.69, 9.17) is 21.8 Å². The van der Waals surface area contributed by atoms with Gasteiger partial charge in [-0.05, 0) is 30.0 Å². The highest BCUT2D eigenvalue weighted by molar-refractivity contribution is 6.31. The Morgan fingerprint density at radius 1 is 1.48 bits per heavy atom. The Kier molecular flexibility index (Phi) is 5.80. The van der Waals surface area contributed by atoms with Crippen molar-refractivity contribution in [1.29, 1.82) is 0 Å². The van der Waals surface area contributed by atoms with E-state index >= 15 is 0 Å². The monoisotopic (exact) mass is 335 g/mol. The zero-order valence-electron chi connectivity index (χ0n) is 13.6. The molecule has 6 heteroatoms. The van der Waals surface area contributed by atoms with Crippen molar-refractivity contribution in [3.05, 3.63) is 52.2 Å². The number of nitrogens with zero attached hydrogens (tertiary/aromatic N) is 1. The Balaban J connectivity index is 1.98. The van der Waals surface area contributed by atoms with Crippen molar-refractivity contribution in [2.24, 2.45) is 11.7 Å². The van der Waals surface area contributed by atoms with E-state index < -0.39 is 0 Å². The Hall–Kier alpha value is -1.85. The predicted octanol–water partition coefficient (Wildman–Crippen LogP) is 3.61. The standard InChI is InChI=1S/C17H22ClN3O2/c1-4-10(2)15(19)17-21-14(9-23-17)16(22)20-8-12-6-5-11(3)13(18)7-12/h5-7,9-10,15H,4,8,19H2,1-3H3,(H,20,22)/t10?,15-/m0/s1. The van der Waals surface area contributed by atoms with Gasteiger partial charge >= 0.3 is 0 Å². The van der Waals surface area contributed by atoms with Crippen LogP contribution < -0.4 is 11.1 Å². The molecule has 0 saturated heterocycles. The lowest BCUT2D eigenvalue weighted by Gasteiger charge is -2.13. The van der Waals surface area contributed by atoms with E-state index in [0.717, 1.165) is 17.5 Å². The fourth-order valence-electron chi connectivity index (χ4n) is 2.06. The van der Waals surface area contributed by atoms with Gasteiger partial charge in [-0.2, -0.15) is 0 Å². The van der Waals surface area contributed by atoms with Gasteiger partial charge in [-0.25, -0.2) is 4.98 Å². The summed E-state index contributed by atoms with van der Waals surface area (Å²) < 4.78 is 5.34. The molecule has 1 heterocycles. The molecule has 2 aromatic rings. The van der Waals surface area contributed by atoms with E-state index in [9.17, 15) is 4.79 Å². The molecule has 0 radical (unpaired) electrons. The molecule has 124 valence electrons. The molecule has 1 unspecified atom stereocenters. The van der Waals surface area contributed by atoms with Crippen LogP contribution in [0.5, 0.6) is 0 Å². The van der Waals surface area contributed by atoms with E-state index in [1.165, 1.54) is 6.26 Å². The van der Waals surface area contributed by atoms with Crippen molar-refractivity contribution in [1.82, 2.24) is 10.3 Å². The second-order valence-electron chi connectivity index (χ2n) is 5.75. The minimum atomic E-state index is -0.308. The van der Waals surface area contributed by atoms with Gasteiger partial charge in [0.1, 0.15) is 6.26 Å². The first-order valence-electron chi connectivity index (χ1n) is 7.66. The SMILES string of the molecule is CCC(C)[C@H](N)c1nc(C(=O)NCc2ccc(C)c(Cl)c2)co1. The highest BCUT2D eigenvalue weighted by atomic mass is 35.5. The van der Waals surface area contributed by atoms with Crippen molar-refractivity contribution in [2.75, 3.05) is 0 Å². The summed E-state index contributed by atoms with van der Waals surface area (Å²) in [6, 6.07) is 5.37. The van der Waals surface area contributed by atoms with Crippen LogP contribution in [0.2, 0.25) is 5.02 Å². The van der Waals surface area contributed by atoms with Crippen LogP contribution in [0.1, 0.15) is 53.8 Å². The molecule has 0 aliphatic heterocycles. The summed E-state index contributed by atoms with van der Waals surface area (Å²) in [6.07, 6.45) is 2.26. The highest BCUT2D eigenvalue weighted by Gasteiger charge is 2.20. The van der Waals surface area contributed by atoms with Crippen LogP contribution in [0.3, 0.4) is 0 Å². The van der Waals surface area contributed by atoms with Crippen molar-refractivity contribution >= 4 is 17.5 Å². The lowest BCUT2D eigenvalue weighted by atomic mass is 10.0. The molecule has 0 fully saturated rings. The van der Waals surface area contributed by atoms with Gasteiger partial charge in [-0.3, -0.25) is 4.79 Å². The molecule has 0 saturated carbocycles. The summed E-state index contributed by atoms with van der Waals surface area (Å²) in [7, 11) is 0. The van der Waals surface area contributed by atoms with Crippen LogP contribution in [-0.2, 0) is 6.54 Å². The predicted molar refractivity (Wildman–Crippen MR) is 90.2 cm³/mol. The molecule has 5 nitrogen and oxygen atoms in total. The number of rotatable bonds is 6. The van der Waals surface area contributed by atoms with E-state index in [1.54, 1.807) is 0 Å². The zero-order chi connectivity index (χ0) is 17.0. The summed E-state index contributed by atoms with van der Waals surface area (Å²) in [5, 5.41) is 3.48. The number of hydrogen-bond donors (Lipinski definition) is 2. The van der Waals surface area contributed by atoms with Gasteiger partial charge in [0.05, 0.1) is 6.04 Å². The number of nitrogens with two attached hydrogens (primary N) is 1. The number of carbonyl (C=O) groups excluding carboxylic acids is 1. The van der Waals surface area contributed by atoms with Crippen LogP contribution in [0.15, 0.2) is 28.9 Å². The average molecular weight is 336 g/mol. The van der Waals surface area contributed by atoms with E-state index in [0.29, 0.717) is 17.5 Å². The van der Waals surface area contributed by atoms with E-state index in [1.807, 2.05) is 39.0 Å². The first-order chi connectivity index (χ1) is 10.9. The Bertz CT molecular complexity index is 684. The van der Waals surface area contributed by atoms with Crippen LogP contribution in [0.25, 0.3) is 0 Å². The third-order valence-electron chi connectivity index (χ3n) is 3.99. The summed E-state index contributed by atoms with van der Waals surface area (Å²) in [4.78, 5) is 16.3. The minimum Gasteiger partial charge on any atom is -0.446 e. The van der Waals surface area contributed by atoms with Crippen LogP contribution in [-0.4, -0.2) is 10.9 Å². The van der Waals surface area contributed by atoms with Crippen molar-refractivity contribution in [3.8, 4) is 0 Å². The molecule has 23 heavy (non-hydrogen) atoms. The summed E-state index contributed by atoms with van der Waals surface area (Å²) in [6.45, 7) is 6.38. The van der Waals surface area contributed by atoms with Crippen molar-refractivity contribution in [2.45, 2.75) is 39.8 Å². The van der Waals surface area contributed by atoms with Gasteiger partial charge in [0, 0.05) is 11.6 Å². The van der Waals surface area contributed by atoms with Gasteiger partial charge in [0.25, 0.3) is 5.91 Å². The molecule has 1 aromatic heterocycles. The molecular weight excluding hydrogens is 314 g/mol. The summed E-state index contributed by atoms with van der Waals surface area (Å²) in [5.74, 6) is 0.329. The van der Waals surface area contributed by atoms with Gasteiger partial charge in [0.15, 0.2) is 5.69 Å². The maximum atomic E-state index is 12.1.